The summed E-state index contributed by atoms with van der Waals surface area (Å²) in [6.07, 6.45) is -0.995. The third-order valence-electron chi connectivity index (χ3n) is 0.452. The zero-order chi connectivity index (χ0) is 6.78. The van der Waals surface area contributed by atoms with Gasteiger partial charge in [0.25, 0.3) is 10.1 Å². The van der Waals surface area contributed by atoms with Crippen molar-refractivity contribution in [1.82, 2.24) is 0 Å². The second kappa shape index (κ2) is 4.65. The van der Waals surface area contributed by atoms with Gasteiger partial charge in [0, 0.05) is 0 Å². The van der Waals surface area contributed by atoms with Crippen LogP contribution in [0.4, 0.5) is 0 Å². The molecule has 0 aliphatic carbocycles. The van der Waals surface area contributed by atoms with Gasteiger partial charge in [0.15, 0.2) is 0 Å². The summed E-state index contributed by atoms with van der Waals surface area (Å²) in [5.41, 5.74) is 0. The number of hydrogen-bond donors (Lipinski definition) is 2. The molecule has 1 atom stereocenters. The molecule has 52 valence electrons. The van der Waals surface area contributed by atoms with Crippen molar-refractivity contribution in [3.63, 3.8) is 0 Å². The topological polar surface area (TPSA) is 74.6 Å². The Labute approximate surface area is 77.8 Å². The standard InChI is InChI=1S/C3H8O4S.Na.H/c1-3(4)2-8(5,6)7;;/h3-4H,2H2,1H3,(H,5,6,7);;/q;+1;-1. The van der Waals surface area contributed by atoms with Gasteiger partial charge in [-0.15, -0.1) is 0 Å². The average Bonchev–Trinajstić information content (AvgIpc) is 1.21. The zero-order valence-corrected chi connectivity index (χ0v) is 8.22. The molecule has 9 heavy (non-hydrogen) atoms. The zero-order valence-electron chi connectivity index (χ0n) is 6.40. The van der Waals surface area contributed by atoms with Crippen LogP contribution in [0, 0.1) is 0 Å². The molecule has 0 bridgehead atoms. The molecule has 0 rings (SSSR count). The van der Waals surface area contributed by atoms with Crippen molar-refractivity contribution in [2.24, 2.45) is 0 Å². The fourth-order valence-electron chi connectivity index (χ4n) is 0.305. The number of aliphatic hydroxyl groups excluding tert-OH is 1. The van der Waals surface area contributed by atoms with E-state index < -0.39 is 22.0 Å². The Morgan fingerprint density at radius 1 is 1.67 bits per heavy atom. The van der Waals surface area contributed by atoms with E-state index in [-0.39, 0.29) is 31.0 Å². The third-order valence-corrected chi connectivity index (χ3v) is 1.36. The molecule has 0 aromatic heterocycles. The summed E-state index contributed by atoms with van der Waals surface area (Å²) in [7, 11) is -3.97. The Bertz CT molecular complexity index is 154. The third kappa shape index (κ3) is 12.1. The average molecular weight is 164 g/mol. The van der Waals surface area contributed by atoms with Crippen LogP contribution in [-0.2, 0) is 10.1 Å². The maximum Gasteiger partial charge on any atom is 1.00 e. The first-order chi connectivity index (χ1) is 3.42. The van der Waals surface area contributed by atoms with Crippen molar-refractivity contribution in [3.8, 4) is 0 Å². The molecule has 0 aromatic rings. The van der Waals surface area contributed by atoms with Crippen LogP contribution >= 0.6 is 0 Å². The van der Waals surface area contributed by atoms with Crippen LogP contribution in [0.1, 0.15) is 8.35 Å². The van der Waals surface area contributed by atoms with Crippen LogP contribution in [-0.4, -0.2) is 29.9 Å². The second-order valence-electron chi connectivity index (χ2n) is 1.60. The summed E-state index contributed by atoms with van der Waals surface area (Å²) in [5, 5.41) is 8.35. The van der Waals surface area contributed by atoms with Gasteiger partial charge in [-0.1, -0.05) is 0 Å². The molecule has 6 heteroatoms. The predicted molar refractivity (Wildman–Crippen MR) is 29.2 cm³/mol. The van der Waals surface area contributed by atoms with E-state index in [4.69, 9.17) is 9.66 Å². The predicted octanol–water partition coefficient (Wildman–Crippen LogP) is -3.63. The number of hydrogen-bond acceptors (Lipinski definition) is 3. The van der Waals surface area contributed by atoms with Crippen molar-refractivity contribution < 1.29 is 49.1 Å². The first-order valence-electron chi connectivity index (χ1n) is 2.05. The van der Waals surface area contributed by atoms with Crippen LogP contribution in [0.5, 0.6) is 0 Å². The molecule has 1 unspecified atom stereocenters. The quantitative estimate of drug-likeness (QED) is 0.326. The van der Waals surface area contributed by atoms with Gasteiger partial charge < -0.3 is 6.53 Å². The minimum atomic E-state index is -3.97. The van der Waals surface area contributed by atoms with E-state index >= 15 is 0 Å². The van der Waals surface area contributed by atoms with E-state index in [0.717, 1.165) is 0 Å². The van der Waals surface area contributed by atoms with Gasteiger partial charge in [-0.25, -0.2) is 0 Å². The first-order valence-corrected chi connectivity index (χ1v) is 3.66. The molecule has 0 aliphatic heterocycles. The molecule has 0 aliphatic rings. The summed E-state index contributed by atoms with van der Waals surface area (Å²) in [6, 6.07) is 0. The van der Waals surface area contributed by atoms with Crippen molar-refractivity contribution in [2.45, 2.75) is 13.0 Å². The van der Waals surface area contributed by atoms with E-state index in [2.05, 4.69) is 0 Å². The minimum absolute atomic E-state index is 0. The molecule has 0 saturated carbocycles. The van der Waals surface area contributed by atoms with Gasteiger partial charge in [-0.3, -0.25) is 4.55 Å². The van der Waals surface area contributed by atoms with E-state index in [1.54, 1.807) is 0 Å². The monoisotopic (exact) mass is 164 g/mol. The van der Waals surface area contributed by atoms with Gasteiger partial charge >= 0.3 is 29.6 Å². The van der Waals surface area contributed by atoms with Gasteiger partial charge in [0.2, 0.25) is 0 Å². The van der Waals surface area contributed by atoms with Crippen molar-refractivity contribution in [3.05, 3.63) is 0 Å². The molecule has 0 radical (unpaired) electrons. The SMILES string of the molecule is CC(O)CS(=O)(=O)O.[H-].[Na+]. The maximum absolute atomic E-state index is 9.84. The molecule has 0 amide bonds. The molecule has 0 heterocycles. The first kappa shape index (κ1) is 12.5. The summed E-state index contributed by atoms with van der Waals surface area (Å²) in [4.78, 5) is 0. The van der Waals surface area contributed by atoms with E-state index in [1.165, 1.54) is 6.92 Å². The fraction of sp³-hybridized carbons (Fsp3) is 1.00. The number of rotatable bonds is 2. The molecular weight excluding hydrogens is 155 g/mol. The minimum Gasteiger partial charge on any atom is -1.00 e. The van der Waals surface area contributed by atoms with Crippen LogP contribution in [0.3, 0.4) is 0 Å². The van der Waals surface area contributed by atoms with Crippen LogP contribution in [0.2, 0.25) is 0 Å². The van der Waals surface area contributed by atoms with Gasteiger partial charge in [-0.2, -0.15) is 8.42 Å². The van der Waals surface area contributed by atoms with Crippen molar-refractivity contribution in [1.29, 1.82) is 0 Å². The molecule has 2 N–H and O–H groups in total. The van der Waals surface area contributed by atoms with Crippen LogP contribution in [0.25, 0.3) is 0 Å². The van der Waals surface area contributed by atoms with Crippen LogP contribution in [0.15, 0.2) is 0 Å². The largest absolute Gasteiger partial charge is 1.00 e. The summed E-state index contributed by atoms with van der Waals surface area (Å²) < 4.78 is 27.7. The van der Waals surface area contributed by atoms with Crippen LogP contribution < -0.4 is 29.6 Å². The molecule has 0 spiro atoms. The molecule has 0 aromatic carbocycles. The second-order valence-corrected chi connectivity index (χ2v) is 3.09. The smallest absolute Gasteiger partial charge is 1.00 e. The Morgan fingerprint density at radius 3 is 2.00 bits per heavy atom. The van der Waals surface area contributed by atoms with Crippen molar-refractivity contribution >= 4 is 10.1 Å². The fourth-order valence-corrected chi connectivity index (χ4v) is 0.914. The Morgan fingerprint density at radius 2 is 2.00 bits per heavy atom. The summed E-state index contributed by atoms with van der Waals surface area (Å²) in [6.45, 7) is 1.29. The molecule has 4 nitrogen and oxygen atoms in total. The van der Waals surface area contributed by atoms with E-state index in [0.29, 0.717) is 0 Å². The van der Waals surface area contributed by atoms with Gasteiger partial charge in [0.05, 0.1) is 6.10 Å². The van der Waals surface area contributed by atoms with E-state index in [1.807, 2.05) is 0 Å². The summed E-state index contributed by atoms with van der Waals surface area (Å²) >= 11 is 0. The Balaban J connectivity index is -0.000000245. The normalized spacial score (nSPS) is 14.1. The summed E-state index contributed by atoms with van der Waals surface area (Å²) in [5.74, 6) is -0.590. The van der Waals surface area contributed by atoms with Gasteiger partial charge in [0.1, 0.15) is 5.75 Å². The maximum atomic E-state index is 9.84. The van der Waals surface area contributed by atoms with Crippen molar-refractivity contribution in [2.75, 3.05) is 5.75 Å². The molecule has 0 saturated heterocycles. The Hall–Kier alpha value is 0.870. The number of aliphatic hydroxyl groups is 1. The Kier molecular flexibility index (Phi) is 6.48. The molecular formula is C3H9NaO4S. The van der Waals surface area contributed by atoms with Gasteiger partial charge in [-0.05, 0) is 6.92 Å². The molecule has 0 fully saturated rings. The van der Waals surface area contributed by atoms with E-state index in [9.17, 15) is 8.42 Å².